The molecule has 8 heteroatoms. The molecule has 0 aliphatic carbocycles. The summed E-state index contributed by atoms with van der Waals surface area (Å²) in [6.07, 6.45) is -3.53. The molecular formula is C9H13F3N4S. The average Bonchev–Trinajstić information content (AvgIpc) is 2.87. The molecule has 1 saturated heterocycles. The highest BCUT2D eigenvalue weighted by Gasteiger charge is 2.37. The van der Waals surface area contributed by atoms with Gasteiger partial charge in [0.1, 0.15) is 0 Å². The van der Waals surface area contributed by atoms with E-state index in [0.717, 1.165) is 31.0 Å². The van der Waals surface area contributed by atoms with Gasteiger partial charge in [-0.1, -0.05) is 0 Å². The molecule has 2 rings (SSSR count). The normalized spacial score (nSPS) is 20.8. The van der Waals surface area contributed by atoms with Gasteiger partial charge in [0.05, 0.1) is 0 Å². The average molecular weight is 266 g/mol. The number of rotatable bonds is 3. The molecule has 1 atom stereocenters. The summed E-state index contributed by atoms with van der Waals surface area (Å²) >= 11 is 0.813. The molecule has 0 spiro atoms. The summed E-state index contributed by atoms with van der Waals surface area (Å²) in [5.41, 5.74) is 0. The maximum absolute atomic E-state index is 12.4. The molecule has 4 nitrogen and oxygen atoms in total. The third kappa shape index (κ3) is 2.68. The van der Waals surface area contributed by atoms with Crippen molar-refractivity contribution in [3.63, 3.8) is 0 Å². The topological polar surface area (TPSA) is 41.1 Å². The Labute approximate surface area is 101 Å². The van der Waals surface area contributed by atoms with Crippen molar-refractivity contribution in [1.29, 1.82) is 0 Å². The molecule has 0 saturated carbocycles. The van der Waals surface area contributed by atoms with Crippen LogP contribution in [0.5, 0.6) is 0 Å². The molecule has 0 aromatic carbocycles. The van der Waals surface area contributed by atoms with Gasteiger partial charge in [0, 0.05) is 30.7 Å². The minimum atomic E-state index is -4.46. The van der Waals surface area contributed by atoms with Crippen molar-refractivity contribution in [2.45, 2.75) is 25.6 Å². The van der Waals surface area contributed by atoms with Crippen LogP contribution < -0.4 is 10.2 Å². The molecule has 0 amide bonds. The molecule has 0 bridgehead atoms. The van der Waals surface area contributed by atoms with Crippen LogP contribution in [0.4, 0.5) is 18.3 Å². The van der Waals surface area contributed by atoms with E-state index in [-0.39, 0.29) is 6.04 Å². The number of nitrogens with one attached hydrogen (secondary N) is 1. The molecule has 1 aliphatic heterocycles. The molecule has 17 heavy (non-hydrogen) atoms. The number of hydrogen-bond donors (Lipinski definition) is 1. The highest BCUT2D eigenvalue weighted by Crippen LogP contribution is 2.31. The van der Waals surface area contributed by atoms with E-state index in [9.17, 15) is 13.2 Å². The lowest BCUT2D eigenvalue weighted by Crippen LogP contribution is -2.36. The Kier molecular flexibility index (Phi) is 3.53. The summed E-state index contributed by atoms with van der Waals surface area (Å²) in [6.45, 7) is 4.23. The van der Waals surface area contributed by atoms with Crippen LogP contribution in [0, 0.1) is 0 Å². The maximum Gasteiger partial charge on any atom is 0.452 e. The van der Waals surface area contributed by atoms with Crippen molar-refractivity contribution in [3.8, 4) is 0 Å². The largest absolute Gasteiger partial charge is 0.452 e. The van der Waals surface area contributed by atoms with Crippen LogP contribution in [-0.2, 0) is 6.18 Å². The number of halogens is 3. The first kappa shape index (κ1) is 12.6. The van der Waals surface area contributed by atoms with Crippen molar-refractivity contribution in [1.82, 2.24) is 14.7 Å². The SMILES string of the molecule is CCN(c1nc(C(F)(F)F)ns1)C1CCNC1. The van der Waals surface area contributed by atoms with Crippen molar-refractivity contribution in [3.05, 3.63) is 5.82 Å². The minimum absolute atomic E-state index is 0.217. The number of aromatic nitrogens is 2. The maximum atomic E-state index is 12.4. The highest BCUT2D eigenvalue weighted by atomic mass is 32.1. The van der Waals surface area contributed by atoms with Crippen LogP contribution in [-0.4, -0.2) is 35.0 Å². The number of likely N-dealkylation sites (N-methyl/N-ethyl adjacent to an activating group) is 1. The Balaban J connectivity index is 2.17. The summed E-state index contributed by atoms with van der Waals surface area (Å²) in [5.74, 6) is -1.04. The molecule has 1 aliphatic rings. The second-order valence-corrected chi connectivity index (χ2v) is 4.56. The third-order valence-corrected chi connectivity index (χ3v) is 3.48. The van der Waals surface area contributed by atoms with Gasteiger partial charge < -0.3 is 10.2 Å². The van der Waals surface area contributed by atoms with Crippen LogP contribution in [0.2, 0.25) is 0 Å². The first-order chi connectivity index (χ1) is 8.02. The zero-order valence-electron chi connectivity index (χ0n) is 9.29. The number of anilines is 1. The number of alkyl halides is 3. The van der Waals surface area contributed by atoms with E-state index < -0.39 is 12.0 Å². The summed E-state index contributed by atoms with van der Waals surface area (Å²) in [6, 6.07) is 0.217. The fourth-order valence-corrected chi connectivity index (χ4v) is 2.73. The van der Waals surface area contributed by atoms with Gasteiger partial charge in [-0.25, -0.2) is 0 Å². The monoisotopic (exact) mass is 266 g/mol. The van der Waals surface area contributed by atoms with E-state index in [2.05, 4.69) is 14.7 Å². The van der Waals surface area contributed by atoms with E-state index in [1.54, 1.807) is 0 Å². The first-order valence-corrected chi connectivity index (χ1v) is 6.18. The zero-order valence-corrected chi connectivity index (χ0v) is 10.1. The van der Waals surface area contributed by atoms with Crippen molar-refractivity contribution >= 4 is 16.7 Å². The Morgan fingerprint density at radius 1 is 1.53 bits per heavy atom. The van der Waals surface area contributed by atoms with E-state index >= 15 is 0 Å². The summed E-state index contributed by atoms with van der Waals surface area (Å²) in [7, 11) is 0. The lowest BCUT2D eigenvalue weighted by Gasteiger charge is -2.25. The van der Waals surface area contributed by atoms with Gasteiger partial charge >= 0.3 is 6.18 Å². The molecule has 1 fully saturated rings. The number of nitrogens with zero attached hydrogens (tertiary/aromatic N) is 3. The quantitative estimate of drug-likeness (QED) is 0.905. The van der Waals surface area contributed by atoms with Crippen LogP contribution in [0.15, 0.2) is 0 Å². The van der Waals surface area contributed by atoms with Gasteiger partial charge in [0.2, 0.25) is 11.0 Å². The van der Waals surface area contributed by atoms with Crippen molar-refractivity contribution in [2.24, 2.45) is 0 Å². The van der Waals surface area contributed by atoms with Crippen molar-refractivity contribution < 1.29 is 13.2 Å². The number of hydrogen-bond acceptors (Lipinski definition) is 5. The van der Waals surface area contributed by atoms with Gasteiger partial charge in [0.15, 0.2) is 0 Å². The minimum Gasteiger partial charge on any atom is -0.343 e. The zero-order chi connectivity index (χ0) is 12.5. The summed E-state index contributed by atoms with van der Waals surface area (Å²) < 4.78 is 40.6. The predicted octanol–water partition coefficient (Wildman–Crippen LogP) is 1.75. The molecule has 0 radical (unpaired) electrons. The van der Waals surface area contributed by atoms with E-state index in [4.69, 9.17) is 0 Å². The van der Waals surface area contributed by atoms with Crippen molar-refractivity contribution in [2.75, 3.05) is 24.5 Å². The van der Waals surface area contributed by atoms with Gasteiger partial charge in [-0.05, 0) is 19.9 Å². The molecule has 2 heterocycles. The Hall–Kier alpha value is -0.890. The van der Waals surface area contributed by atoms with Crippen LogP contribution in [0.25, 0.3) is 0 Å². The fraction of sp³-hybridized carbons (Fsp3) is 0.778. The molecule has 1 aromatic heterocycles. The smallest absolute Gasteiger partial charge is 0.343 e. The lowest BCUT2D eigenvalue weighted by atomic mass is 10.2. The van der Waals surface area contributed by atoms with Gasteiger partial charge in [-0.3, -0.25) is 0 Å². The molecular weight excluding hydrogens is 253 g/mol. The Morgan fingerprint density at radius 3 is 2.76 bits per heavy atom. The summed E-state index contributed by atoms with van der Waals surface area (Å²) in [5, 5.41) is 3.54. The van der Waals surface area contributed by atoms with E-state index in [1.165, 1.54) is 0 Å². The van der Waals surface area contributed by atoms with Crippen LogP contribution in [0.1, 0.15) is 19.2 Å². The molecule has 1 aromatic rings. The Bertz CT molecular complexity index is 373. The fourth-order valence-electron chi connectivity index (χ4n) is 1.90. The van der Waals surface area contributed by atoms with Gasteiger partial charge in [-0.15, -0.1) is 0 Å². The first-order valence-electron chi connectivity index (χ1n) is 5.40. The third-order valence-electron chi connectivity index (χ3n) is 2.73. The van der Waals surface area contributed by atoms with Crippen LogP contribution >= 0.6 is 11.5 Å². The standard InChI is InChI=1S/C9H13F3N4S/c1-2-16(6-3-4-13-5-6)8-14-7(15-17-8)9(10,11)12/h6,13H,2-5H2,1H3. The predicted molar refractivity (Wildman–Crippen MR) is 59.2 cm³/mol. The van der Waals surface area contributed by atoms with Crippen LogP contribution in [0.3, 0.4) is 0 Å². The summed E-state index contributed by atoms with van der Waals surface area (Å²) in [4.78, 5) is 5.46. The van der Waals surface area contributed by atoms with E-state index in [0.29, 0.717) is 11.7 Å². The molecule has 1 unspecified atom stereocenters. The highest BCUT2D eigenvalue weighted by molar-refractivity contribution is 7.09. The second kappa shape index (κ2) is 4.77. The second-order valence-electron chi connectivity index (χ2n) is 3.83. The molecule has 96 valence electrons. The van der Waals surface area contributed by atoms with Gasteiger partial charge in [0.25, 0.3) is 0 Å². The lowest BCUT2D eigenvalue weighted by molar-refractivity contribution is -0.144. The van der Waals surface area contributed by atoms with Gasteiger partial charge in [-0.2, -0.15) is 22.5 Å². The Morgan fingerprint density at radius 2 is 2.29 bits per heavy atom. The van der Waals surface area contributed by atoms with E-state index in [1.807, 2.05) is 11.8 Å². The molecule has 1 N–H and O–H groups in total.